The van der Waals surface area contributed by atoms with Gasteiger partial charge in [0.05, 0.1) is 25.4 Å². The number of allylic oxidation sites excluding steroid dienone is 11. The van der Waals surface area contributed by atoms with Crippen molar-refractivity contribution in [2.75, 3.05) is 13.2 Å². The SMILES string of the molecule is CCCCC/C=C\C/C=C\C/C=C\C/C=C\CCCCCCCCCCC(O)C(=O)NC(COC1OC(CO)C(O)C(O)C1OC(=O)CCCCC/C=C\CCCCCCCCC)C(O)/C=C/CCCCCCCCCCCC. The van der Waals surface area contributed by atoms with Gasteiger partial charge >= 0.3 is 5.97 Å². The Balaban J connectivity index is 2.64. The average Bonchev–Trinajstić information content (AvgIpc) is 3.46. The van der Waals surface area contributed by atoms with Gasteiger partial charge in [-0.25, -0.2) is 0 Å². The number of hydrogen-bond acceptors (Lipinski definition) is 10. The third-order valence-corrected chi connectivity index (χ3v) is 15.1. The summed E-state index contributed by atoms with van der Waals surface area (Å²) in [6.45, 7) is 5.75. The molecule has 11 nitrogen and oxygen atoms in total. The summed E-state index contributed by atoms with van der Waals surface area (Å²) in [6, 6.07) is -1.03. The van der Waals surface area contributed by atoms with E-state index in [1.165, 1.54) is 148 Å². The molecule has 0 saturated carbocycles. The fourth-order valence-electron chi connectivity index (χ4n) is 9.86. The van der Waals surface area contributed by atoms with Crippen LogP contribution in [0.4, 0.5) is 0 Å². The van der Waals surface area contributed by atoms with Crippen LogP contribution >= 0.6 is 0 Å². The van der Waals surface area contributed by atoms with Gasteiger partial charge in [-0.1, -0.05) is 254 Å². The lowest BCUT2D eigenvalue weighted by Crippen LogP contribution is -2.61. The first-order valence-corrected chi connectivity index (χ1v) is 32.7. The molecule has 8 unspecified atom stereocenters. The quantitative estimate of drug-likeness (QED) is 0.0195. The number of ether oxygens (including phenoxy) is 3. The molecule has 0 aromatic heterocycles. The first-order chi connectivity index (χ1) is 38.7. The van der Waals surface area contributed by atoms with Gasteiger partial charge in [0.15, 0.2) is 12.4 Å². The minimum Gasteiger partial charge on any atom is -0.454 e. The maximum absolute atomic E-state index is 13.4. The first-order valence-electron chi connectivity index (χ1n) is 32.7. The highest BCUT2D eigenvalue weighted by Gasteiger charge is 2.47. The van der Waals surface area contributed by atoms with Gasteiger partial charge in [0, 0.05) is 6.42 Å². The Bertz CT molecular complexity index is 1560. The normalized spacial score (nSPS) is 19.3. The molecule has 79 heavy (non-hydrogen) atoms. The number of aliphatic hydroxyl groups excluding tert-OH is 5. The van der Waals surface area contributed by atoms with Crippen molar-refractivity contribution in [3.63, 3.8) is 0 Å². The van der Waals surface area contributed by atoms with Crippen LogP contribution in [-0.4, -0.2) is 99.6 Å². The van der Waals surface area contributed by atoms with Crippen LogP contribution in [0.25, 0.3) is 0 Å². The van der Waals surface area contributed by atoms with E-state index in [4.69, 9.17) is 14.2 Å². The van der Waals surface area contributed by atoms with Crippen LogP contribution in [0.3, 0.4) is 0 Å². The van der Waals surface area contributed by atoms with Gasteiger partial charge < -0.3 is 45.1 Å². The maximum Gasteiger partial charge on any atom is 0.306 e. The van der Waals surface area contributed by atoms with Crippen molar-refractivity contribution in [2.45, 2.75) is 333 Å². The molecule has 0 radical (unpaired) electrons. The molecule has 1 saturated heterocycles. The fourth-order valence-corrected chi connectivity index (χ4v) is 9.86. The average molecular weight is 1110 g/mol. The standard InChI is InChI=1S/C68H121NO10/c1-4-7-10-13-16-19-22-25-27-28-29-30-31-32-33-34-35-36-37-40-43-46-49-52-55-61(72)67(76)69-59(60(71)54-51-48-45-42-39-24-21-18-15-12-9-6-3)58-77-68-66(65(75)64(74)62(57-70)78-68)79-63(73)56-53-50-47-44-41-38-26-23-20-17-14-11-8-5-2/h16,19,25,27,29-30,32-33,38,41,51,54,59-62,64-66,68,70-72,74-75H,4-15,17-18,20-24,26,28,31,34-37,39-40,42-50,52-53,55-58H2,1-3H3,(H,69,76)/b19-16-,27-25-,30-29-,33-32-,41-38-,54-51+. The molecule has 0 bridgehead atoms. The summed E-state index contributed by atoms with van der Waals surface area (Å²) in [7, 11) is 0. The van der Waals surface area contributed by atoms with Crippen LogP contribution in [0.5, 0.6) is 0 Å². The molecule has 1 rings (SSSR count). The zero-order chi connectivity index (χ0) is 57.5. The fraction of sp³-hybridized carbons (Fsp3) is 0.794. The van der Waals surface area contributed by atoms with Crippen LogP contribution in [0, 0.1) is 0 Å². The van der Waals surface area contributed by atoms with Gasteiger partial charge in [-0.2, -0.15) is 0 Å². The highest BCUT2D eigenvalue weighted by Crippen LogP contribution is 2.26. The highest BCUT2D eigenvalue weighted by atomic mass is 16.7. The molecule has 0 spiro atoms. The maximum atomic E-state index is 13.4. The molecule has 1 amide bonds. The molecule has 458 valence electrons. The third kappa shape index (κ3) is 43.5. The van der Waals surface area contributed by atoms with Crippen LogP contribution < -0.4 is 5.32 Å². The van der Waals surface area contributed by atoms with E-state index in [0.717, 1.165) is 89.9 Å². The lowest BCUT2D eigenvalue weighted by atomic mass is 9.99. The van der Waals surface area contributed by atoms with E-state index in [1.54, 1.807) is 6.08 Å². The van der Waals surface area contributed by atoms with Crippen molar-refractivity contribution in [2.24, 2.45) is 0 Å². The van der Waals surface area contributed by atoms with Crippen LogP contribution in [0.15, 0.2) is 72.9 Å². The molecule has 8 atom stereocenters. The smallest absolute Gasteiger partial charge is 0.306 e. The van der Waals surface area contributed by atoms with E-state index in [1.807, 2.05) is 6.08 Å². The second-order valence-electron chi connectivity index (χ2n) is 22.5. The van der Waals surface area contributed by atoms with E-state index in [-0.39, 0.29) is 19.4 Å². The number of esters is 1. The van der Waals surface area contributed by atoms with Crippen molar-refractivity contribution < 1.29 is 49.3 Å². The van der Waals surface area contributed by atoms with Crippen molar-refractivity contribution in [3.05, 3.63) is 72.9 Å². The van der Waals surface area contributed by atoms with E-state index in [9.17, 15) is 35.1 Å². The molecular formula is C68H121NO10. The highest BCUT2D eigenvalue weighted by molar-refractivity contribution is 5.80. The van der Waals surface area contributed by atoms with Gasteiger partial charge in [0.2, 0.25) is 5.91 Å². The molecule has 1 aliphatic rings. The Kier molecular flexibility index (Phi) is 52.2. The molecule has 11 heteroatoms. The van der Waals surface area contributed by atoms with Gasteiger partial charge in [-0.15, -0.1) is 0 Å². The molecule has 0 aromatic rings. The van der Waals surface area contributed by atoms with Gasteiger partial charge in [0.25, 0.3) is 0 Å². The number of amides is 1. The minimum absolute atomic E-state index is 0.101. The lowest BCUT2D eigenvalue weighted by Gasteiger charge is -2.41. The van der Waals surface area contributed by atoms with Gasteiger partial charge in [-0.05, 0) is 96.3 Å². The van der Waals surface area contributed by atoms with E-state index in [2.05, 4.69) is 86.8 Å². The molecule has 0 aliphatic carbocycles. The molecule has 1 fully saturated rings. The second-order valence-corrected chi connectivity index (χ2v) is 22.5. The molecule has 6 N–H and O–H groups in total. The minimum atomic E-state index is -1.62. The van der Waals surface area contributed by atoms with Crippen molar-refractivity contribution in [3.8, 4) is 0 Å². The van der Waals surface area contributed by atoms with Crippen LogP contribution in [0.1, 0.15) is 284 Å². The summed E-state index contributed by atoms with van der Waals surface area (Å²) >= 11 is 0. The Morgan fingerprint density at radius 1 is 0.494 bits per heavy atom. The second kappa shape index (κ2) is 55.6. The monoisotopic (exact) mass is 1110 g/mol. The summed E-state index contributed by atoms with van der Waals surface area (Å²) in [5, 5.41) is 57.0. The van der Waals surface area contributed by atoms with E-state index >= 15 is 0 Å². The Hall–Kier alpha value is -2.90. The Morgan fingerprint density at radius 3 is 1.34 bits per heavy atom. The van der Waals surface area contributed by atoms with Crippen LogP contribution in [0.2, 0.25) is 0 Å². The number of carbonyl (C=O) groups excluding carboxylic acids is 2. The summed E-state index contributed by atoms with van der Waals surface area (Å²) in [4.78, 5) is 26.6. The first kappa shape index (κ1) is 74.1. The van der Waals surface area contributed by atoms with Gasteiger partial charge in [-0.3, -0.25) is 9.59 Å². The summed E-state index contributed by atoms with van der Waals surface area (Å²) in [5.74, 6) is -1.22. The summed E-state index contributed by atoms with van der Waals surface area (Å²) in [6.07, 6.45) is 60.8. The summed E-state index contributed by atoms with van der Waals surface area (Å²) < 4.78 is 17.6. The number of rotatable bonds is 55. The summed E-state index contributed by atoms with van der Waals surface area (Å²) in [5.41, 5.74) is 0. The Morgan fingerprint density at radius 2 is 0.873 bits per heavy atom. The van der Waals surface area contributed by atoms with E-state index in [0.29, 0.717) is 12.8 Å². The van der Waals surface area contributed by atoms with Crippen molar-refractivity contribution in [1.29, 1.82) is 0 Å². The predicted octanol–water partition coefficient (Wildman–Crippen LogP) is 16.0. The molecular weight excluding hydrogens is 991 g/mol. The zero-order valence-electron chi connectivity index (χ0n) is 50.7. The predicted molar refractivity (Wildman–Crippen MR) is 329 cm³/mol. The largest absolute Gasteiger partial charge is 0.454 e. The van der Waals surface area contributed by atoms with E-state index < -0.39 is 67.4 Å². The van der Waals surface area contributed by atoms with Crippen LogP contribution in [-0.2, 0) is 23.8 Å². The lowest BCUT2D eigenvalue weighted by molar-refractivity contribution is -0.305. The number of carbonyl (C=O) groups is 2. The topological polar surface area (TPSA) is 175 Å². The Labute approximate surface area is 483 Å². The molecule has 1 aliphatic heterocycles. The van der Waals surface area contributed by atoms with Crippen molar-refractivity contribution in [1.82, 2.24) is 5.32 Å². The number of hydrogen-bond donors (Lipinski definition) is 6. The third-order valence-electron chi connectivity index (χ3n) is 15.1. The number of nitrogens with one attached hydrogen (secondary N) is 1. The number of unbranched alkanes of at least 4 members (excludes halogenated alkanes) is 31. The molecule has 0 aromatic carbocycles. The zero-order valence-corrected chi connectivity index (χ0v) is 50.7. The molecule has 1 heterocycles. The van der Waals surface area contributed by atoms with Gasteiger partial charge in [0.1, 0.15) is 24.4 Å². The van der Waals surface area contributed by atoms with Crippen molar-refractivity contribution >= 4 is 11.9 Å². The number of aliphatic hydroxyl groups is 5.